The highest BCUT2D eigenvalue weighted by atomic mass is 16.5. The molecule has 0 aromatic heterocycles. The summed E-state index contributed by atoms with van der Waals surface area (Å²) in [5, 5.41) is 0. The van der Waals surface area contributed by atoms with Crippen LogP contribution in [0.4, 0.5) is 11.4 Å². The number of benzene rings is 1. The summed E-state index contributed by atoms with van der Waals surface area (Å²) >= 11 is 0. The molecule has 0 spiro atoms. The first-order valence-electron chi connectivity index (χ1n) is 6.55. The van der Waals surface area contributed by atoms with Crippen molar-refractivity contribution in [1.29, 1.82) is 0 Å². The molecule has 18 heavy (non-hydrogen) atoms. The van der Waals surface area contributed by atoms with Crippen molar-refractivity contribution in [3.05, 3.63) is 18.2 Å². The summed E-state index contributed by atoms with van der Waals surface area (Å²) in [6, 6.07) is 5.99. The van der Waals surface area contributed by atoms with Crippen molar-refractivity contribution < 1.29 is 9.47 Å². The van der Waals surface area contributed by atoms with Crippen molar-refractivity contribution in [3.8, 4) is 5.75 Å². The molecule has 1 heterocycles. The van der Waals surface area contributed by atoms with E-state index in [4.69, 9.17) is 15.2 Å². The van der Waals surface area contributed by atoms with Crippen molar-refractivity contribution >= 4 is 11.4 Å². The lowest BCUT2D eigenvalue weighted by atomic mass is 10.2. The fraction of sp³-hybridized carbons (Fsp3) is 0.571. The molecule has 2 N–H and O–H groups in total. The Balaban J connectivity index is 2.16. The lowest BCUT2D eigenvalue weighted by Gasteiger charge is -2.23. The van der Waals surface area contributed by atoms with Crippen molar-refractivity contribution in [3.63, 3.8) is 0 Å². The third kappa shape index (κ3) is 3.29. The van der Waals surface area contributed by atoms with Gasteiger partial charge in [-0.05, 0) is 32.4 Å². The van der Waals surface area contributed by atoms with E-state index >= 15 is 0 Å². The molecule has 1 aliphatic rings. The smallest absolute Gasteiger partial charge is 0.144 e. The van der Waals surface area contributed by atoms with Crippen LogP contribution < -0.4 is 15.4 Å². The molecule has 0 unspecified atom stereocenters. The van der Waals surface area contributed by atoms with E-state index in [0.717, 1.165) is 44.2 Å². The third-order valence-electron chi connectivity index (χ3n) is 2.95. The molecule has 1 aromatic carbocycles. The van der Waals surface area contributed by atoms with Crippen LogP contribution in [0.3, 0.4) is 0 Å². The van der Waals surface area contributed by atoms with Gasteiger partial charge in [0.1, 0.15) is 5.75 Å². The second-order valence-corrected chi connectivity index (χ2v) is 4.84. The summed E-state index contributed by atoms with van der Waals surface area (Å²) in [5.41, 5.74) is 7.78. The van der Waals surface area contributed by atoms with Crippen molar-refractivity contribution in [2.24, 2.45) is 0 Å². The summed E-state index contributed by atoms with van der Waals surface area (Å²) in [6.07, 6.45) is 1.19. The minimum absolute atomic E-state index is 0.134. The Morgan fingerprint density at radius 1 is 1.28 bits per heavy atom. The Kier molecular flexibility index (Phi) is 4.31. The molecule has 1 saturated heterocycles. The molecular formula is C14H22N2O2. The van der Waals surface area contributed by atoms with Crippen LogP contribution in [0.25, 0.3) is 0 Å². The average molecular weight is 250 g/mol. The maximum Gasteiger partial charge on any atom is 0.144 e. The Morgan fingerprint density at radius 3 is 2.89 bits per heavy atom. The van der Waals surface area contributed by atoms with Gasteiger partial charge in [0.2, 0.25) is 0 Å². The van der Waals surface area contributed by atoms with Crippen molar-refractivity contribution in [2.45, 2.75) is 26.4 Å². The molecule has 0 saturated carbocycles. The molecule has 0 atom stereocenters. The van der Waals surface area contributed by atoms with Gasteiger partial charge < -0.3 is 20.1 Å². The molecule has 100 valence electrons. The number of nitrogen functional groups attached to an aromatic ring is 1. The zero-order chi connectivity index (χ0) is 13.0. The lowest BCUT2D eigenvalue weighted by molar-refractivity contribution is 0.152. The maximum absolute atomic E-state index is 5.93. The van der Waals surface area contributed by atoms with E-state index in [1.165, 1.54) is 0 Å². The zero-order valence-corrected chi connectivity index (χ0v) is 11.2. The van der Waals surface area contributed by atoms with Crippen LogP contribution in [0.1, 0.15) is 20.3 Å². The van der Waals surface area contributed by atoms with E-state index in [2.05, 4.69) is 4.90 Å². The molecule has 1 fully saturated rings. The van der Waals surface area contributed by atoms with Gasteiger partial charge in [-0.3, -0.25) is 0 Å². The van der Waals surface area contributed by atoms with Crippen molar-refractivity contribution in [1.82, 2.24) is 0 Å². The van der Waals surface area contributed by atoms with Gasteiger partial charge in [-0.2, -0.15) is 0 Å². The van der Waals surface area contributed by atoms with Crippen LogP contribution in [0.2, 0.25) is 0 Å². The number of nitrogens with two attached hydrogens (primary N) is 1. The largest absolute Gasteiger partial charge is 0.489 e. The van der Waals surface area contributed by atoms with Crippen LogP contribution in [0, 0.1) is 0 Å². The minimum atomic E-state index is 0.134. The highest BCUT2D eigenvalue weighted by Crippen LogP contribution is 2.29. The van der Waals surface area contributed by atoms with Crippen molar-refractivity contribution in [2.75, 3.05) is 36.9 Å². The number of hydrogen-bond donors (Lipinski definition) is 1. The highest BCUT2D eigenvalue weighted by Gasteiger charge is 2.12. The highest BCUT2D eigenvalue weighted by molar-refractivity contribution is 5.62. The average Bonchev–Trinajstić information content (AvgIpc) is 2.60. The molecule has 1 aromatic rings. The second-order valence-electron chi connectivity index (χ2n) is 4.84. The lowest BCUT2D eigenvalue weighted by Crippen LogP contribution is -2.25. The van der Waals surface area contributed by atoms with Gasteiger partial charge in [0.25, 0.3) is 0 Å². The monoisotopic (exact) mass is 250 g/mol. The molecule has 1 aliphatic heterocycles. The van der Waals surface area contributed by atoms with E-state index < -0.39 is 0 Å². The molecule has 4 nitrogen and oxygen atoms in total. The van der Waals surface area contributed by atoms with Gasteiger partial charge in [0, 0.05) is 31.5 Å². The van der Waals surface area contributed by atoms with Gasteiger partial charge >= 0.3 is 0 Å². The summed E-state index contributed by atoms with van der Waals surface area (Å²) in [7, 11) is 0. The molecule has 2 rings (SSSR count). The Labute approximate surface area is 109 Å². The van der Waals surface area contributed by atoms with Crippen LogP contribution in [-0.4, -0.2) is 32.4 Å². The van der Waals surface area contributed by atoms with Crippen LogP contribution >= 0.6 is 0 Å². The summed E-state index contributed by atoms with van der Waals surface area (Å²) < 4.78 is 11.2. The van der Waals surface area contributed by atoms with E-state index in [1.54, 1.807) is 0 Å². The van der Waals surface area contributed by atoms with Gasteiger partial charge in [-0.15, -0.1) is 0 Å². The van der Waals surface area contributed by atoms with Crippen LogP contribution in [0.15, 0.2) is 18.2 Å². The van der Waals surface area contributed by atoms with Gasteiger partial charge in [-0.1, -0.05) is 0 Å². The van der Waals surface area contributed by atoms with Gasteiger partial charge in [0.05, 0.1) is 18.4 Å². The van der Waals surface area contributed by atoms with Crippen LogP contribution in [0.5, 0.6) is 5.75 Å². The van der Waals surface area contributed by atoms with Crippen LogP contribution in [-0.2, 0) is 4.74 Å². The first-order chi connectivity index (χ1) is 8.66. The summed E-state index contributed by atoms with van der Waals surface area (Å²) in [5.74, 6) is 0.771. The predicted octanol–water partition coefficient (Wildman–Crippen LogP) is 2.28. The van der Waals surface area contributed by atoms with Gasteiger partial charge in [-0.25, -0.2) is 0 Å². The number of ether oxygens (including phenoxy) is 2. The van der Waals surface area contributed by atoms with E-state index in [0.29, 0.717) is 5.69 Å². The van der Waals surface area contributed by atoms with Gasteiger partial charge in [0.15, 0.2) is 0 Å². The maximum atomic E-state index is 5.93. The Bertz CT molecular complexity index is 385. The minimum Gasteiger partial charge on any atom is -0.489 e. The molecular weight excluding hydrogens is 228 g/mol. The standard InChI is InChI=1S/C14H22N2O2/c1-11(2)18-14-10-12(4-5-13(14)15)16-6-3-8-17-9-7-16/h4-5,10-11H,3,6-9,15H2,1-2H3. The Morgan fingerprint density at radius 2 is 2.11 bits per heavy atom. The number of anilines is 2. The quantitative estimate of drug-likeness (QED) is 0.836. The first-order valence-corrected chi connectivity index (χ1v) is 6.55. The van der Waals surface area contributed by atoms with E-state index in [-0.39, 0.29) is 6.10 Å². The molecule has 0 bridgehead atoms. The number of hydrogen-bond acceptors (Lipinski definition) is 4. The molecule has 0 radical (unpaired) electrons. The van der Waals surface area contributed by atoms with E-state index in [9.17, 15) is 0 Å². The predicted molar refractivity (Wildman–Crippen MR) is 74.3 cm³/mol. The molecule has 4 heteroatoms. The fourth-order valence-corrected chi connectivity index (χ4v) is 2.08. The topological polar surface area (TPSA) is 47.7 Å². The molecule has 0 aliphatic carbocycles. The summed E-state index contributed by atoms with van der Waals surface area (Å²) in [6.45, 7) is 7.58. The second kappa shape index (κ2) is 5.96. The van der Waals surface area contributed by atoms with E-state index in [1.807, 2.05) is 32.0 Å². The fourth-order valence-electron chi connectivity index (χ4n) is 2.08. The normalized spacial score (nSPS) is 16.7. The SMILES string of the molecule is CC(C)Oc1cc(N2CCCOCC2)ccc1N. The Hall–Kier alpha value is -1.42. The number of rotatable bonds is 3. The number of nitrogens with zero attached hydrogens (tertiary/aromatic N) is 1. The molecule has 0 amide bonds. The third-order valence-corrected chi connectivity index (χ3v) is 2.95. The summed E-state index contributed by atoms with van der Waals surface area (Å²) in [4.78, 5) is 2.32. The first kappa shape index (κ1) is 13.0. The zero-order valence-electron chi connectivity index (χ0n) is 11.2.